The summed E-state index contributed by atoms with van der Waals surface area (Å²) in [6, 6.07) is 5.33. The van der Waals surface area contributed by atoms with Crippen LogP contribution in [-0.2, 0) is 0 Å². The minimum absolute atomic E-state index is 0.0721. The normalized spacial score (nSPS) is 16.0. The quantitative estimate of drug-likeness (QED) is 0.876. The van der Waals surface area contributed by atoms with Gasteiger partial charge in [-0.1, -0.05) is 13.8 Å². The molecular formula is C18H27N3O2S. The van der Waals surface area contributed by atoms with E-state index in [-0.39, 0.29) is 18.0 Å². The van der Waals surface area contributed by atoms with Crippen molar-refractivity contribution in [1.82, 2.24) is 10.2 Å². The lowest BCUT2D eigenvalue weighted by Gasteiger charge is -2.26. The van der Waals surface area contributed by atoms with E-state index in [2.05, 4.69) is 24.5 Å². The Hall–Kier alpha value is -1.69. The third-order valence-corrected chi connectivity index (χ3v) is 5.32. The second-order valence-corrected chi connectivity index (χ2v) is 7.79. The molecule has 6 heteroatoms. The first-order valence-electron chi connectivity index (χ1n) is 8.43. The largest absolute Gasteiger partial charge is 0.337 e. The molecule has 1 aliphatic heterocycles. The molecule has 0 radical (unpaired) electrons. The van der Waals surface area contributed by atoms with Crippen LogP contribution in [0.15, 0.2) is 18.2 Å². The summed E-state index contributed by atoms with van der Waals surface area (Å²) in [6.45, 7) is 9.63. The second kappa shape index (κ2) is 8.42. The third-order valence-electron chi connectivity index (χ3n) is 4.38. The van der Waals surface area contributed by atoms with E-state index in [0.29, 0.717) is 11.5 Å². The number of thioether (sulfide) groups is 1. The molecule has 0 aliphatic carbocycles. The number of amides is 3. The van der Waals surface area contributed by atoms with E-state index in [9.17, 15) is 9.59 Å². The monoisotopic (exact) mass is 349 g/mol. The minimum atomic E-state index is -0.216. The van der Waals surface area contributed by atoms with Gasteiger partial charge in [-0.05, 0) is 43.5 Å². The first-order valence-corrected chi connectivity index (χ1v) is 9.59. The summed E-state index contributed by atoms with van der Waals surface area (Å²) < 4.78 is 0. The van der Waals surface area contributed by atoms with Crippen molar-refractivity contribution in [2.45, 2.75) is 33.7 Å². The molecule has 1 fully saturated rings. The highest BCUT2D eigenvalue weighted by atomic mass is 32.2. The zero-order chi connectivity index (χ0) is 17.7. The first-order chi connectivity index (χ1) is 11.4. The predicted molar refractivity (Wildman–Crippen MR) is 101 cm³/mol. The van der Waals surface area contributed by atoms with E-state index in [1.165, 1.54) is 0 Å². The van der Waals surface area contributed by atoms with Crippen molar-refractivity contribution in [3.05, 3.63) is 29.3 Å². The summed E-state index contributed by atoms with van der Waals surface area (Å²) in [7, 11) is 0. The SMILES string of the molecule is Cc1cc(C(=O)N2CCSCC2)ccc1NC(=O)N[C@H](C)C(C)C. The maximum atomic E-state index is 12.5. The summed E-state index contributed by atoms with van der Waals surface area (Å²) in [5.74, 6) is 2.44. The summed E-state index contributed by atoms with van der Waals surface area (Å²) in [5.41, 5.74) is 2.30. The van der Waals surface area contributed by atoms with Gasteiger partial charge in [-0.15, -0.1) is 0 Å². The van der Waals surface area contributed by atoms with E-state index in [1.807, 2.05) is 36.6 Å². The topological polar surface area (TPSA) is 61.4 Å². The molecule has 0 bridgehead atoms. The number of benzene rings is 1. The van der Waals surface area contributed by atoms with E-state index >= 15 is 0 Å². The lowest BCUT2D eigenvalue weighted by atomic mass is 10.1. The Morgan fingerprint density at radius 1 is 1.17 bits per heavy atom. The number of aryl methyl sites for hydroxylation is 1. The minimum Gasteiger partial charge on any atom is -0.337 e. The van der Waals surface area contributed by atoms with Crippen LogP contribution in [0, 0.1) is 12.8 Å². The second-order valence-electron chi connectivity index (χ2n) is 6.57. The fourth-order valence-electron chi connectivity index (χ4n) is 2.42. The fraction of sp³-hybridized carbons (Fsp3) is 0.556. The highest BCUT2D eigenvalue weighted by Crippen LogP contribution is 2.19. The van der Waals surface area contributed by atoms with E-state index in [0.717, 1.165) is 35.8 Å². The first kappa shape index (κ1) is 18.6. The molecule has 24 heavy (non-hydrogen) atoms. The van der Waals surface area contributed by atoms with Crippen molar-refractivity contribution in [3.8, 4) is 0 Å². The fourth-order valence-corrected chi connectivity index (χ4v) is 3.32. The number of hydrogen-bond acceptors (Lipinski definition) is 3. The van der Waals surface area contributed by atoms with Crippen LogP contribution in [0.4, 0.5) is 10.5 Å². The van der Waals surface area contributed by atoms with Gasteiger partial charge in [0.25, 0.3) is 5.91 Å². The van der Waals surface area contributed by atoms with E-state index in [4.69, 9.17) is 0 Å². The lowest BCUT2D eigenvalue weighted by Crippen LogP contribution is -2.39. The van der Waals surface area contributed by atoms with Gasteiger partial charge < -0.3 is 15.5 Å². The van der Waals surface area contributed by atoms with Gasteiger partial charge in [-0.2, -0.15) is 11.8 Å². The molecule has 0 spiro atoms. The van der Waals surface area contributed by atoms with Gasteiger partial charge in [-0.25, -0.2) is 4.79 Å². The zero-order valence-corrected chi connectivity index (χ0v) is 15.7. The maximum Gasteiger partial charge on any atom is 0.319 e. The van der Waals surface area contributed by atoms with E-state index in [1.54, 1.807) is 12.1 Å². The number of carbonyl (C=O) groups excluding carboxylic acids is 2. The predicted octanol–water partition coefficient (Wildman–Crippen LogP) is 3.35. The number of carbonyl (C=O) groups is 2. The molecule has 3 amide bonds. The van der Waals surface area contributed by atoms with Gasteiger partial charge in [0.2, 0.25) is 0 Å². The number of hydrogen-bond donors (Lipinski definition) is 2. The Kier molecular flexibility index (Phi) is 6.54. The standard InChI is InChI=1S/C18H27N3O2S/c1-12(2)14(4)19-18(23)20-16-6-5-15(11-13(16)3)17(22)21-7-9-24-10-8-21/h5-6,11-12,14H,7-10H2,1-4H3,(H2,19,20,23)/t14-/m1/s1. The van der Waals surface area contributed by atoms with Gasteiger partial charge in [0.1, 0.15) is 0 Å². The van der Waals surface area contributed by atoms with Crippen LogP contribution < -0.4 is 10.6 Å². The van der Waals surface area contributed by atoms with Crippen molar-refractivity contribution in [3.63, 3.8) is 0 Å². The van der Waals surface area contributed by atoms with Crippen molar-refractivity contribution in [2.75, 3.05) is 29.9 Å². The number of nitrogens with one attached hydrogen (secondary N) is 2. The van der Waals surface area contributed by atoms with Crippen LogP contribution in [0.5, 0.6) is 0 Å². The van der Waals surface area contributed by atoms with Gasteiger partial charge in [0.05, 0.1) is 0 Å². The molecule has 1 aromatic carbocycles. The average molecular weight is 350 g/mol. The molecule has 1 saturated heterocycles. The van der Waals surface area contributed by atoms with E-state index < -0.39 is 0 Å². The molecule has 5 nitrogen and oxygen atoms in total. The zero-order valence-electron chi connectivity index (χ0n) is 14.9. The van der Waals surface area contributed by atoms with Crippen molar-refractivity contribution >= 4 is 29.4 Å². The van der Waals surface area contributed by atoms with Gasteiger partial charge in [-0.3, -0.25) is 4.79 Å². The average Bonchev–Trinajstić information content (AvgIpc) is 2.56. The molecule has 2 rings (SSSR count). The summed E-state index contributed by atoms with van der Waals surface area (Å²) in [4.78, 5) is 26.5. The Morgan fingerprint density at radius 2 is 1.83 bits per heavy atom. The summed E-state index contributed by atoms with van der Waals surface area (Å²) in [5, 5.41) is 5.78. The van der Waals surface area contributed by atoms with Gasteiger partial charge in [0, 0.05) is 41.9 Å². The molecular weight excluding hydrogens is 322 g/mol. The highest BCUT2D eigenvalue weighted by molar-refractivity contribution is 7.99. The molecule has 2 N–H and O–H groups in total. The molecule has 0 saturated carbocycles. The Bertz CT molecular complexity index is 598. The highest BCUT2D eigenvalue weighted by Gasteiger charge is 2.19. The number of urea groups is 1. The molecule has 1 aromatic rings. The Balaban J connectivity index is 2.01. The molecule has 1 heterocycles. The van der Waals surface area contributed by atoms with Crippen LogP contribution in [0.25, 0.3) is 0 Å². The number of anilines is 1. The molecule has 1 aliphatic rings. The Labute approximate surface area is 148 Å². The summed E-state index contributed by atoms with van der Waals surface area (Å²) >= 11 is 1.88. The van der Waals surface area contributed by atoms with Crippen LogP contribution in [-0.4, -0.2) is 47.5 Å². The van der Waals surface area contributed by atoms with Crippen molar-refractivity contribution in [1.29, 1.82) is 0 Å². The third kappa shape index (κ3) is 4.90. The molecule has 1 atom stereocenters. The lowest BCUT2D eigenvalue weighted by molar-refractivity contribution is 0.0772. The van der Waals surface area contributed by atoms with Crippen LogP contribution in [0.1, 0.15) is 36.7 Å². The number of rotatable bonds is 4. The van der Waals surface area contributed by atoms with Crippen LogP contribution in [0.2, 0.25) is 0 Å². The summed E-state index contributed by atoms with van der Waals surface area (Å²) in [6.07, 6.45) is 0. The number of nitrogens with zero attached hydrogens (tertiary/aromatic N) is 1. The van der Waals surface area contributed by atoms with Crippen molar-refractivity contribution in [2.24, 2.45) is 5.92 Å². The molecule has 132 valence electrons. The van der Waals surface area contributed by atoms with Crippen LogP contribution in [0.3, 0.4) is 0 Å². The molecule has 0 unspecified atom stereocenters. The molecule has 0 aromatic heterocycles. The smallest absolute Gasteiger partial charge is 0.319 e. The van der Waals surface area contributed by atoms with Crippen molar-refractivity contribution < 1.29 is 9.59 Å². The van der Waals surface area contributed by atoms with Crippen LogP contribution >= 0.6 is 11.8 Å². The van der Waals surface area contributed by atoms with Gasteiger partial charge in [0.15, 0.2) is 0 Å². The maximum absolute atomic E-state index is 12.5. The van der Waals surface area contributed by atoms with Gasteiger partial charge >= 0.3 is 6.03 Å². The Morgan fingerprint density at radius 3 is 2.42 bits per heavy atom.